The van der Waals surface area contributed by atoms with E-state index in [1.807, 2.05) is 30.3 Å². The predicted molar refractivity (Wildman–Crippen MR) is 59.2 cm³/mol. The van der Waals surface area contributed by atoms with Gasteiger partial charge in [0.1, 0.15) is 0 Å². The first kappa shape index (κ1) is 11.0. The molecule has 1 fully saturated rings. The third-order valence-corrected chi connectivity index (χ3v) is 3.05. The van der Waals surface area contributed by atoms with Gasteiger partial charge in [0, 0.05) is 6.54 Å². The van der Waals surface area contributed by atoms with Crippen LogP contribution in [0.4, 0.5) is 4.79 Å². The number of amides is 1. The van der Waals surface area contributed by atoms with Crippen LogP contribution in [0, 0.1) is 0 Å². The van der Waals surface area contributed by atoms with Gasteiger partial charge >= 0.3 is 6.09 Å². The lowest BCUT2D eigenvalue weighted by atomic mass is 10.0. The van der Waals surface area contributed by atoms with E-state index in [2.05, 4.69) is 0 Å². The lowest BCUT2D eigenvalue weighted by molar-refractivity contribution is 0.0677. The minimum Gasteiger partial charge on any atom is -0.465 e. The van der Waals surface area contributed by atoms with E-state index in [0.717, 1.165) is 18.4 Å². The van der Waals surface area contributed by atoms with Crippen LogP contribution in [0.3, 0.4) is 0 Å². The molecule has 2 rings (SSSR count). The van der Waals surface area contributed by atoms with Gasteiger partial charge < -0.3 is 15.1 Å². The van der Waals surface area contributed by atoms with E-state index in [9.17, 15) is 9.90 Å². The topological polar surface area (TPSA) is 60.8 Å². The molecule has 1 saturated heterocycles. The molecule has 1 aromatic carbocycles. The fraction of sp³-hybridized carbons (Fsp3) is 0.417. The molecule has 0 saturated carbocycles. The number of carboxylic acid groups (broad SMARTS) is 1. The predicted octanol–water partition coefficient (Wildman–Crippen LogP) is 1.86. The fourth-order valence-electron chi connectivity index (χ4n) is 2.23. The average Bonchev–Trinajstić information content (AvgIpc) is 2.78. The Morgan fingerprint density at radius 3 is 2.69 bits per heavy atom. The van der Waals surface area contributed by atoms with Crippen LogP contribution < -0.4 is 0 Å². The van der Waals surface area contributed by atoms with Gasteiger partial charge in [-0.1, -0.05) is 30.3 Å². The summed E-state index contributed by atoms with van der Waals surface area (Å²) in [4.78, 5) is 12.3. The van der Waals surface area contributed by atoms with Gasteiger partial charge in [0.05, 0.1) is 12.1 Å². The summed E-state index contributed by atoms with van der Waals surface area (Å²) in [6.45, 7) is 0.518. The second-order valence-corrected chi connectivity index (χ2v) is 4.04. The van der Waals surface area contributed by atoms with Crippen LogP contribution in [-0.2, 0) is 0 Å². The van der Waals surface area contributed by atoms with Crippen LogP contribution in [-0.4, -0.2) is 33.8 Å². The third-order valence-electron chi connectivity index (χ3n) is 3.05. The Kier molecular flexibility index (Phi) is 3.10. The maximum Gasteiger partial charge on any atom is 0.407 e. The van der Waals surface area contributed by atoms with E-state index < -0.39 is 12.2 Å². The van der Waals surface area contributed by atoms with E-state index in [-0.39, 0.29) is 6.04 Å². The molecule has 2 N–H and O–H groups in total. The number of hydrogen-bond acceptors (Lipinski definition) is 2. The molecule has 2 atom stereocenters. The molecule has 0 bridgehead atoms. The normalized spacial score (nSPS) is 22.1. The van der Waals surface area contributed by atoms with Crippen molar-refractivity contribution in [3.63, 3.8) is 0 Å². The highest BCUT2D eigenvalue weighted by Crippen LogP contribution is 2.29. The van der Waals surface area contributed by atoms with Gasteiger partial charge in [-0.25, -0.2) is 4.79 Å². The quantitative estimate of drug-likeness (QED) is 0.801. The van der Waals surface area contributed by atoms with Crippen molar-refractivity contribution in [3.05, 3.63) is 35.9 Å². The van der Waals surface area contributed by atoms with Crippen LogP contribution in [0.1, 0.15) is 24.5 Å². The summed E-state index contributed by atoms with van der Waals surface area (Å²) in [7, 11) is 0. The first-order valence-electron chi connectivity index (χ1n) is 5.42. The van der Waals surface area contributed by atoms with Crippen molar-refractivity contribution in [1.29, 1.82) is 0 Å². The van der Waals surface area contributed by atoms with Crippen LogP contribution in [0.2, 0.25) is 0 Å². The van der Waals surface area contributed by atoms with Crippen molar-refractivity contribution in [2.75, 3.05) is 6.54 Å². The zero-order valence-electron chi connectivity index (χ0n) is 8.91. The molecule has 4 nitrogen and oxygen atoms in total. The van der Waals surface area contributed by atoms with Gasteiger partial charge in [-0.3, -0.25) is 0 Å². The molecule has 16 heavy (non-hydrogen) atoms. The standard InChI is InChI=1S/C12H15NO3/c14-11(9-5-2-1-3-6-9)10-7-4-8-13(10)12(15)16/h1-3,5-6,10-11,14H,4,7-8H2,(H,15,16)/t10-,11?/m1/s1. The number of benzene rings is 1. The number of aliphatic hydroxyl groups excluding tert-OH is 1. The van der Waals surface area contributed by atoms with Gasteiger partial charge in [-0.15, -0.1) is 0 Å². The SMILES string of the molecule is O=C(O)N1CCC[C@@H]1C(O)c1ccccc1. The Hall–Kier alpha value is -1.55. The van der Waals surface area contributed by atoms with Crippen molar-refractivity contribution in [3.8, 4) is 0 Å². The van der Waals surface area contributed by atoms with Crippen molar-refractivity contribution >= 4 is 6.09 Å². The maximum atomic E-state index is 11.0. The highest BCUT2D eigenvalue weighted by atomic mass is 16.4. The summed E-state index contributed by atoms with van der Waals surface area (Å²) in [6.07, 6.45) is -0.124. The summed E-state index contributed by atoms with van der Waals surface area (Å²) < 4.78 is 0. The molecule has 0 radical (unpaired) electrons. The second kappa shape index (κ2) is 4.53. The minimum absolute atomic E-state index is 0.306. The minimum atomic E-state index is -0.947. The Morgan fingerprint density at radius 1 is 1.38 bits per heavy atom. The molecule has 1 amide bonds. The van der Waals surface area contributed by atoms with Crippen LogP contribution in [0.5, 0.6) is 0 Å². The first-order valence-corrected chi connectivity index (χ1v) is 5.42. The molecule has 86 valence electrons. The molecule has 1 aromatic rings. The summed E-state index contributed by atoms with van der Waals surface area (Å²) >= 11 is 0. The molecule has 1 unspecified atom stereocenters. The largest absolute Gasteiger partial charge is 0.465 e. The molecule has 0 spiro atoms. The fourth-order valence-corrected chi connectivity index (χ4v) is 2.23. The van der Waals surface area contributed by atoms with Gasteiger partial charge in [0.25, 0.3) is 0 Å². The Labute approximate surface area is 94.1 Å². The number of rotatable bonds is 2. The summed E-state index contributed by atoms with van der Waals surface area (Å²) in [6, 6.07) is 8.91. The summed E-state index contributed by atoms with van der Waals surface area (Å²) in [5.74, 6) is 0. The van der Waals surface area contributed by atoms with Gasteiger partial charge in [0.2, 0.25) is 0 Å². The Balaban J connectivity index is 2.15. The Morgan fingerprint density at radius 2 is 2.06 bits per heavy atom. The van der Waals surface area contributed by atoms with Crippen LogP contribution in [0.15, 0.2) is 30.3 Å². The lowest BCUT2D eigenvalue weighted by Gasteiger charge is -2.26. The second-order valence-electron chi connectivity index (χ2n) is 4.04. The molecular weight excluding hydrogens is 206 g/mol. The van der Waals surface area contributed by atoms with Crippen LogP contribution in [0.25, 0.3) is 0 Å². The highest BCUT2D eigenvalue weighted by Gasteiger charge is 2.34. The molecule has 4 heteroatoms. The molecule has 0 aliphatic carbocycles. The van der Waals surface area contributed by atoms with E-state index in [0.29, 0.717) is 6.54 Å². The van der Waals surface area contributed by atoms with Crippen molar-refractivity contribution < 1.29 is 15.0 Å². The number of aliphatic hydroxyl groups is 1. The zero-order chi connectivity index (χ0) is 11.5. The molecule has 1 aliphatic heterocycles. The van der Waals surface area contributed by atoms with E-state index in [4.69, 9.17) is 5.11 Å². The molecule has 1 heterocycles. The van der Waals surface area contributed by atoms with Crippen LogP contribution >= 0.6 is 0 Å². The molecular formula is C12H15NO3. The number of carbonyl (C=O) groups is 1. The van der Waals surface area contributed by atoms with Gasteiger partial charge in [-0.05, 0) is 18.4 Å². The number of hydrogen-bond donors (Lipinski definition) is 2. The first-order chi connectivity index (χ1) is 7.70. The summed E-state index contributed by atoms with van der Waals surface area (Å²) in [5, 5.41) is 19.1. The molecule has 0 aromatic heterocycles. The highest BCUT2D eigenvalue weighted by molar-refractivity contribution is 5.66. The van der Waals surface area contributed by atoms with E-state index in [1.165, 1.54) is 4.90 Å². The average molecular weight is 221 g/mol. The Bertz CT molecular complexity index is 366. The van der Waals surface area contributed by atoms with E-state index >= 15 is 0 Å². The van der Waals surface area contributed by atoms with Gasteiger partial charge in [0.15, 0.2) is 0 Å². The molecule has 1 aliphatic rings. The van der Waals surface area contributed by atoms with Crippen molar-refractivity contribution in [1.82, 2.24) is 4.90 Å². The summed E-state index contributed by atoms with van der Waals surface area (Å²) in [5.41, 5.74) is 0.778. The monoisotopic (exact) mass is 221 g/mol. The smallest absolute Gasteiger partial charge is 0.407 e. The third kappa shape index (κ3) is 2.02. The number of nitrogens with zero attached hydrogens (tertiary/aromatic N) is 1. The maximum absolute atomic E-state index is 11.0. The van der Waals surface area contributed by atoms with Crippen molar-refractivity contribution in [2.45, 2.75) is 25.0 Å². The van der Waals surface area contributed by atoms with Crippen molar-refractivity contribution in [2.24, 2.45) is 0 Å². The lowest BCUT2D eigenvalue weighted by Crippen LogP contribution is -2.38. The number of likely N-dealkylation sites (tertiary alicyclic amines) is 1. The zero-order valence-corrected chi connectivity index (χ0v) is 8.91. The van der Waals surface area contributed by atoms with E-state index in [1.54, 1.807) is 0 Å². The van der Waals surface area contributed by atoms with Gasteiger partial charge in [-0.2, -0.15) is 0 Å².